The van der Waals surface area contributed by atoms with Crippen molar-refractivity contribution in [3.8, 4) is 0 Å². The van der Waals surface area contributed by atoms with Crippen molar-refractivity contribution in [1.82, 2.24) is 0 Å². The summed E-state index contributed by atoms with van der Waals surface area (Å²) in [5.74, 6) is 1.11. The monoisotopic (exact) mass is 208 g/mol. The molecule has 0 bridgehead atoms. The van der Waals surface area contributed by atoms with Gasteiger partial charge < -0.3 is 4.74 Å². The lowest BCUT2D eigenvalue weighted by atomic mass is 10.2. The van der Waals surface area contributed by atoms with E-state index in [4.69, 9.17) is 4.74 Å². The van der Waals surface area contributed by atoms with Crippen LogP contribution in [0, 0.1) is 0 Å². The zero-order valence-corrected chi connectivity index (χ0v) is 9.30. The van der Waals surface area contributed by atoms with Crippen molar-refractivity contribution in [3.05, 3.63) is 30.3 Å². The highest BCUT2D eigenvalue weighted by atomic mass is 32.2. The van der Waals surface area contributed by atoms with Crippen molar-refractivity contribution in [2.24, 2.45) is 0 Å². The van der Waals surface area contributed by atoms with E-state index in [1.165, 1.54) is 17.7 Å². The van der Waals surface area contributed by atoms with E-state index in [0.717, 1.165) is 5.75 Å². The van der Waals surface area contributed by atoms with Crippen LogP contribution in [0.1, 0.15) is 19.8 Å². The normalized spacial score (nSPS) is 24.9. The highest BCUT2D eigenvalue weighted by Crippen LogP contribution is 2.31. The Morgan fingerprint density at radius 1 is 1.21 bits per heavy atom. The molecule has 0 N–H and O–H groups in total. The molecule has 1 fully saturated rings. The topological polar surface area (TPSA) is 12.5 Å². The zero-order chi connectivity index (χ0) is 9.80. The molecule has 1 aliphatic heterocycles. The van der Waals surface area contributed by atoms with Crippen LogP contribution in [0.3, 0.4) is 0 Å². The molecule has 1 aliphatic rings. The second-order valence-electron chi connectivity index (χ2n) is 3.63. The fourth-order valence-corrected chi connectivity index (χ4v) is 2.56. The number of hydrogen-bond acceptors (Lipinski definition) is 2. The summed E-state index contributed by atoms with van der Waals surface area (Å²) in [6.07, 6.45) is 3.52. The van der Waals surface area contributed by atoms with Crippen LogP contribution < -0.4 is 0 Å². The molecule has 2 rings (SSSR count). The van der Waals surface area contributed by atoms with Gasteiger partial charge in [-0.05, 0) is 18.6 Å². The molecule has 0 aromatic heterocycles. The predicted molar refractivity (Wildman–Crippen MR) is 60.7 cm³/mol. The summed E-state index contributed by atoms with van der Waals surface area (Å²) in [7, 11) is 0. The molecule has 1 aromatic carbocycles. The van der Waals surface area contributed by atoms with E-state index in [0.29, 0.717) is 12.2 Å². The van der Waals surface area contributed by atoms with Crippen LogP contribution in [-0.2, 0) is 4.74 Å². The number of rotatable bonds is 5. The lowest BCUT2D eigenvalue weighted by molar-refractivity contribution is 0.371. The molecular weight excluding hydrogens is 192 g/mol. The third-order valence-corrected chi connectivity index (χ3v) is 3.52. The number of thioether (sulfide) groups is 1. The summed E-state index contributed by atoms with van der Waals surface area (Å²) in [6, 6.07) is 10.5. The minimum Gasteiger partial charge on any atom is -0.369 e. The minimum atomic E-state index is 0.514. The van der Waals surface area contributed by atoms with Crippen LogP contribution in [0.5, 0.6) is 0 Å². The zero-order valence-electron chi connectivity index (χ0n) is 8.48. The Labute approximate surface area is 89.9 Å². The maximum Gasteiger partial charge on any atom is 0.0935 e. The Kier molecular flexibility index (Phi) is 3.49. The molecule has 1 heterocycles. The molecule has 1 aromatic rings. The third-order valence-electron chi connectivity index (χ3n) is 2.42. The minimum absolute atomic E-state index is 0.514. The van der Waals surface area contributed by atoms with E-state index in [1.807, 2.05) is 11.8 Å². The molecule has 0 amide bonds. The Morgan fingerprint density at radius 2 is 2.00 bits per heavy atom. The summed E-state index contributed by atoms with van der Waals surface area (Å²) >= 11 is 1.90. The summed E-state index contributed by atoms with van der Waals surface area (Å²) < 4.78 is 5.56. The van der Waals surface area contributed by atoms with Crippen molar-refractivity contribution in [1.29, 1.82) is 0 Å². The van der Waals surface area contributed by atoms with Gasteiger partial charge in [0.05, 0.1) is 12.2 Å². The van der Waals surface area contributed by atoms with Gasteiger partial charge in [0.15, 0.2) is 0 Å². The van der Waals surface area contributed by atoms with E-state index in [9.17, 15) is 0 Å². The largest absolute Gasteiger partial charge is 0.369 e. The number of benzene rings is 1. The molecule has 0 spiro atoms. The molecule has 0 radical (unpaired) electrons. The Hall–Kier alpha value is -0.470. The van der Waals surface area contributed by atoms with Crippen LogP contribution in [0.25, 0.3) is 0 Å². The van der Waals surface area contributed by atoms with E-state index >= 15 is 0 Å². The molecule has 0 saturated carbocycles. The molecule has 0 unspecified atom stereocenters. The molecule has 2 atom stereocenters. The van der Waals surface area contributed by atoms with Crippen molar-refractivity contribution in [3.63, 3.8) is 0 Å². The van der Waals surface area contributed by atoms with Gasteiger partial charge in [-0.3, -0.25) is 0 Å². The highest BCUT2D eigenvalue weighted by molar-refractivity contribution is 7.99. The first-order valence-corrected chi connectivity index (χ1v) is 6.22. The van der Waals surface area contributed by atoms with Gasteiger partial charge in [-0.15, -0.1) is 11.8 Å². The highest BCUT2D eigenvalue weighted by Gasteiger charge is 2.37. The maximum atomic E-state index is 5.56. The second-order valence-corrected chi connectivity index (χ2v) is 4.72. The van der Waals surface area contributed by atoms with Gasteiger partial charge >= 0.3 is 0 Å². The standard InChI is InChI=1S/C12H16OS/c1-2-6-11-12(13-11)9-14-10-7-4-3-5-8-10/h3-5,7-8,11-12H,2,6,9H2,1H3/t11-,12-/m1/s1. The third kappa shape index (κ3) is 2.76. The van der Waals surface area contributed by atoms with Gasteiger partial charge in [0.2, 0.25) is 0 Å². The van der Waals surface area contributed by atoms with Gasteiger partial charge in [0, 0.05) is 10.6 Å². The van der Waals surface area contributed by atoms with Crippen LogP contribution in [0.4, 0.5) is 0 Å². The summed E-state index contributed by atoms with van der Waals surface area (Å²) in [5, 5.41) is 0. The van der Waals surface area contributed by atoms with E-state index < -0.39 is 0 Å². The smallest absolute Gasteiger partial charge is 0.0935 e. The molecule has 14 heavy (non-hydrogen) atoms. The van der Waals surface area contributed by atoms with Gasteiger partial charge in [-0.25, -0.2) is 0 Å². The quantitative estimate of drug-likeness (QED) is 0.543. The second kappa shape index (κ2) is 4.85. The molecule has 1 nitrogen and oxygen atoms in total. The lowest BCUT2D eigenvalue weighted by Crippen LogP contribution is -1.96. The van der Waals surface area contributed by atoms with Crippen molar-refractivity contribution in [2.75, 3.05) is 5.75 Å². The van der Waals surface area contributed by atoms with Crippen LogP contribution >= 0.6 is 11.8 Å². The number of ether oxygens (including phenoxy) is 1. The summed E-state index contributed by atoms with van der Waals surface area (Å²) in [5.41, 5.74) is 0. The lowest BCUT2D eigenvalue weighted by Gasteiger charge is -1.97. The average molecular weight is 208 g/mol. The molecule has 2 heteroatoms. The first kappa shape index (κ1) is 10.1. The van der Waals surface area contributed by atoms with Crippen LogP contribution in [0.2, 0.25) is 0 Å². The molecular formula is C12H16OS. The van der Waals surface area contributed by atoms with Crippen molar-refractivity contribution in [2.45, 2.75) is 36.9 Å². The molecule has 1 saturated heterocycles. The number of hydrogen-bond donors (Lipinski definition) is 0. The van der Waals surface area contributed by atoms with Crippen LogP contribution in [-0.4, -0.2) is 18.0 Å². The fourth-order valence-electron chi connectivity index (χ4n) is 1.56. The summed E-state index contributed by atoms with van der Waals surface area (Å²) in [4.78, 5) is 1.35. The van der Waals surface area contributed by atoms with Gasteiger partial charge in [0.1, 0.15) is 0 Å². The van der Waals surface area contributed by atoms with E-state index in [1.54, 1.807) is 0 Å². The van der Waals surface area contributed by atoms with E-state index in [-0.39, 0.29) is 0 Å². The summed E-state index contributed by atoms with van der Waals surface area (Å²) in [6.45, 7) is 2.21. The van der Waals surface area contributed by atoms with Crippen LogP contribution in [0.15, 0.2) is 35.2 Å². The Bertz CT molecular complexity index is 273. The first-order valence-electron chi connectivity index (χ1n) is 5.23. The predicted octanol–water partition coefficient (Wildman–Crippen LogP) is 3.35. The van der Waals surface area contributed by atoms with Gasteiger partial charge in [-0.2, -0.15) is 0 Å². The number of epoxide rings is 1. The maximum absolute atomic E-state index is 5.56. The van der Waals surface area contributed by atoms with Gasteiger partial charge in [-0.1, -0.05) is 31.5 Å². The van der Waals surface area contributed by atoms with Crippen molar-refractivity contribution >= 4 is 11.8 Å². The van der Waals surface area contributed by atoms with Gasteiger partial charge in [0.25, 0.3) is 0 Å². The first-order chi connectivity index (χ1) is 6.90. The molecule has 0 aliphatic carbocycles. The Morgan fingerprint density at radius 3 is 2.71 bits per heavy atom. The average Bonchev–Trinajstić information content (AvgIpc) is 2.96. The van der Waals surface area contributed by atoms with E-state index in [2.05, 4.69) is 37.3 Å². The molecule has 76 valence electrons. The van der Waals surface area contributed by atoms with Crippen molar-refractivity contribution < 1.29 is 4.74 Å². The SMILES string of the molecule is CCC[C@H]1O[C@@H]1CSc1ccccc1. The fraction of sp³-hybridized carbons (Fsp3) is 0.500. The Balaban J connectivity index is 1.70.